The number of nitriles is 1. The highest BCUT2D eigenvalue weighted by molar-refractivity contribution is 7.98. The van der Waals surface area contributed by atoms with Crippen LogP contribution in [0, 0.1) is 25.2 Å². The predicted molar refractivity (Wildman–Crippen MR) is 110 cm³/mol. The summed E-state index contributed by atoms with van der Waals surface area (Å²) in [6.07, 6.45) is 0. The second-order valence-electron chi connectivity index (χ2n) is 6.02. The number of carbonyl (C=O) groups excluding carboxylic acids is 2. The van der Waals surface area contributed by atoms with E-state index in [9.17, 15) is 9.59 Å². The molecule has 0 radical (unpaired) electrons. The average Bonchev–Trinajstić information content (AvgIpc) is 3.33. The molecule has 0 fully saturated rings. The molecule has 0 bridgehead atoms. The molecule has 1 N–H and O–H groups in total. The first-order valence-corrected chi connectivity index (χ1v) is 10.5. The molecule has 2 heterocycles. The summed E-state index contributed by atoms with van der Waals surface area (Å²) in [5, 5.41) is 13.6. The van der Waals surface area contributed by atoms with Crippen LogP contribution in [0.25, 0.3) is 0 Å². The minimum Gasteiger partial charge on any atom is -0.452 e. The highest BCUT2D eigenvalue weighted by atomic mass is 32.2. The molecular weight excluding hydrogens is 410 g/mol. The minimum absolute atomic E-state index is 0.0602. The summed E-state index contributed by atoms with van der Waals surface area (Å²) in [6, 6.07) is 8.92. The van der Waals surface area contributed by atoms with Crippen molar-refractivity contribution in [2.45, 2.75) is 24.5 Å². The van der Waals surface area contributed by atoms with Crippen LogP contribution >= 0.6 is 23.1 Å². The SMILES string of the molecule is Cc1oc(NC(=O)COC(=O)c2ccc(SCc3cscn3)cc2)c(C#N)c1C. The van der Waals surface area contributed by atoms with Crippen molar-refractivity contribution < 1.29 is 18.7 Å². The Morgan fingerprint density at radius 2 is 2.07 bits per heavy atom. The van der Waals surface area contributed by atoms with Crippen LogP contribution in [0.3, 0.4) is 0 Å². The van der Waals surface area contributed by atoms with E-state index >= 15 is 0 Å². The standard InChI is InChI=1S/C20H17N3O4S2/c1-12-13(2)27-19(17(12)7-21)23-18(24)8-26-20(25)14-3-5-16(6-4-14)29-10-15-9-28-11-22-15/h3-6,9,11H,8,10H2,1-2H3,(H,23,24). The molecule has 0 unspecified atom stereocenters. The number of rotatable bonds is 7. The van der Waals surface area contributed by atoms with E-state index in [-0.39, 0.29) is 11.4 Å². The lowest BCUT2D eigenvalue weighted by Gasteiger charge is -2.06. The van der Waals surface area contributed by atoms with Crippen molar-refractivity contribution in [3.8, 4) is 6.07 Å². The lowest BCUT2D eigenvalue weighted by atomic mass is 10.2. The Hall–Kier alpha value is -3.09. The van der Waals surface area contributed by atoms with Crippen molar-refractivity contribution in [2.75, 3.05) is 11.9 Å². The molecule has 1 amide bonds. The van der Waals surface area contributed by atoms with Crippen LogP contribution in [0.2, 0.25) is 0 Å². The van der Waals surface area contributed by atoms with E-state index in [0.717, 1.165) is 16.3 Å². The van der Waals surface area contributed by atoms with E-state index < -0.39 is 18.5 Å². The van der Waals surface area contributed by atoms with Gasteiger partial charge in [-0.3, -0.25) is 10.1 Å². The van der Waals surface area contributed by atoms with Crippen LogP contribution in [-0.4, -0.2) is 23.5 Å². The summed E-state index contributed by atoms with van der Waals surface area (Å²) in [7, 11) is 0. The largest absolute Gasteiger partial charge is 0.452 e. The zero-order valence-electron chi connectivity index (χ0n) is 15.7. The van der Waals surface area contributed by atoms with Gasteiger partial charge >= 0.3 is 5.97 Å². The van der Waals surface area contributed by atoms with Crippen molar-refractivity contribution in [3.05, 3.63) is 63.3 Å². The number of carbonyl (C=O) groups is 2. The summed E-state index contributed by atoms with van der Waals surface area (Å²) in [4.78, 5) is 29.4. The molecule has 7 nitrogen and oxygen atoms in total. The monoisotopic (exact) mass is 427 g/mol. The van der Waals surface area contributed by atoms with Gasteiger partial charge in [0.25, 0.3) is 5.91 Å². The molecule has 9 heteroatoms. The minimum atomic E-state index is -0.608. The summed E-state index contributed by atoms with van der Waals surface area (Å²) in [6.45, 7) is 2.94. The summed E-state index contributed by atoms with van der Waals surface area (Å²) in [5.74, 6) is 0.165. The van der Waals surface area contributed by atoms with Gasteiger partial charge in [0.1, 0.15) is 17.4 Å². The molecule has 3 aromatic rings. The Labute approximate surface area is 175 Å². The Morgan fingerprint density at radius 3 is 2.72 bits per heavy atom. The van der Waals surface area contributed by atoms with Gasteiger partial charge in [-0.1, -0.05) is 0 Å². The second kappa shape index (κ2) is 9.41. The van der Waals surface area contributed by atoms with Crippen LogP contribution in [-0.2, 0) is 15.3 Å². The Balaban J connectivity index is 1.50. The zero-order valence-corrected chi connectivity index (χ0v) is 17.4. The van der Waals surface area contributed by atoms with Crippen molar-refractivity contribution >= 4 is 40.9 Å². The maximum atomic E-state index is 12.1. The van der Waals surface area contributed by atoms with E-state index in [4.69, 9.17) is 14.4 Å². The Bertz CT molecular complexity index is 1050. The number of nitrogens with zero attached hydrogens (tertiary/aromatic N) is 2. The number of nitrogens with one attached hydrogen (secondary N) is 1. The number of hydrogen-bond donors (Lipinski definition) is 1. The molecule has 0 spiro atoms. The first-order valence-electron chi connectivity index (χ1n) is 8.55. The number of aryl methyl sites for hydroxylation is 1. The van der Waals surface area contributed by atoms with E-state index in [1.54, 1.807) is 54.6 Å². The van der Waals surface area contributed by atoms with Gasteiger partial charge in [-0.05, 0) is 38.1 Å². The maximum absolute atomic E-state index is 12.1. The van der Waals surface area contributed by atoms with Gasteiger partial charge in [0.05, 0.1) is 16.8 Å². The lowest BCUT2D eigenvalue weighted by Crippen LogP contribution is -2.21. The number of amides is 1. The molecule has 0 atom stereocenters. The first kappa shape index (κ1) is 20.6. The van der Waals surface area contributed by atoms with Gasteiger partial charge in [-0.2, -0.15) is 5.26 Å². The van der Waals surface area contributed by atoms with Crippen LogP contribution in [0.15, 0.2) is 44.5 Å². The lowest BCUT2D eigenvalue weighted by molar-refractivity contribution is -0.119. The molecule has 0 saturated carbocycles. The van der Waals surface area contributed by atoms with Crippen LogP contribution in [0.1, 0.15) is 32.9 Å². The summed E-state index contributed by atoms with van der Waals surface area (Å²) >= 11 is 3.17. The Kier molecular flexibility index (Phi) is 6.69. The topological polar surface area (TPSA) is 105 Å². The van der Waals surface area contributed by atoms with Crippen molar-refractivity contribution in [1.82, 2.24) is 4.98 Å². The third-order valence-electron chi connectivity index (χ3n) is 4.04. The predicted octanol–water partition coefficient (Wildman–Crippen LogP) is 4.31. The molecular formula is C20H17N3O4S2. The maximum Gasteiger partial charge on any atom is 0.338 e. The van der Waals surface area contributed by atoms with Crippen LogP contribution < -0.4 is 5.32 Å². The number of thioether (sulfide) groups is 1. The molecule has 1 aromatic carbocycles. The second-order valence-corrected chi connectivity index (χ2v) is 7.78. The highest BCUT2D eigenvalue weighted by Gasteiger charge is 2.17. The molecule has 0 aliphatic rings. The molecule has 0 saturated heterocycles. The van der Waals surface area contributed by atoms with Crippen LogP contribution in [0.4, 0.5) is 5.88 Å². The van der Waals surface area contributed by atoms with Gasteiger partial charge in [0.15, 0.2) is 6.61 Å². The molecule has 2 aromatic heterocycles. The van der Waals surface area contributed by atoms with Gasteiger partial charge in [-0.15, -0.1) is 23.1 Å². The van der Waals surface area contributed by atoms with Gasteiger partial charge < -0.3 is 9.15 Å². The van der Waals surface area contributed by atoms with E-state index in [0.29, 0.717) is 16.9 Å². The molecule has 148 valence electrons. The molecule has 29 heavy (non-hydrogen) atoms. The van der Waals surface area contributed by atoms with Crippen molar-refractivity contribution in [3.63, 3.8) is 0 Å². The van der Waals surface area contributed by atoms with Gasteiger partial charge in [-0.25, -0.2) is 9.78 Å². The number of hydrogen-bond acceptors (Lipinski definition) is 8. The third kappa shape index (κ3) is 5.25. The average molecular weight is 428 g/mol. The fourth-order valence-corrected chi connectivity index (χ4v) is 3.84. The fourth-order valence-electron chi connectivity index (χ4n) is 2.38. The van der Waals surface area contributed by atoms with E-state index in [1.165, 1.54) is 0 Å². The molecule has 0 aliphatic carbocycles. The molecule has 0 aliphatic heterocycles. The van der Waals surface area contributed by atoms with Crippen molar-refractivity contribution in [2.24, 2.45) is 0 Å². The van der Waals surface area contributed by atoms with E-state index in [1.807, 2.05) is 23.6 Å². The van der Waals surface area contributed by atoms with Crippen molar-refractivity contribution in [1.29, 1.82) is 5.26 Å². The fraction of sp³-hybridized carbons (Fsp3) is 0.200. The van der Waals surface area contributed by atoms with E-state index in [2.05, 4.69) is 10.3 Å². The highest BCUT2D eigenvalue weighted by Crippen LogP contribution is 2.25. The number of esters is 1. The summed E-state index contributed by atoms with van der Waals surface area (Å²) < 4.78 is 10.4. The zero-order chi connectivity index (χ0) is 20.8. The third-order valence-corrected chi connectivity index (χ3v) is 5.73. The Morgan fingerprint density at radius 1 is 1.31 bits per heavy atom. The quantitative estimate of drug-likeness (QED) is 0.442. The molecule has 3 rings (SSSR count). The number of ether oxygens (including phenoxy) is 1. The van der Waals surface area contributed by atoms with Gasteiger partial charge in [0.2, 0.25) is 5.88 Å². The smallest absolute Gasteiger partial charge is 0.338 e. The number of furan rings is 1. The summed E-state index contributed by atoms with van der Waals surface area (Å²) in [5.41, 5.74) is 4.06. The number of aromatic nitrogens is 1. The number of thiazole rings is 1. The van der Waals surface area contributed by atoms with Gasteiger partial charge in [0, 0.05) is 21.6 Å². The number of anilines is 1. The first-order chi connectivity index (χ1) is 14.0. The normalized spacial score (nSPS) is 10.4. The number of benzene rings is 1. The van der Waals surface area contributed by atoms with Crippen LogP contribution in [0.5, 0.6) is 0 Å².